The lowest BCUT2D eigenvalue weighted by molar-refractivity contribution is 0.344. The van der Waals surface area contributed by atoms with Gasteiger partial charge in [-0.05, 0) is 50.2 Å². The van der Waals surface area contributed by atoms with Gasteiger partial charge in [0.05, 0.1) is 7.11 Å². The second-order valence-electron chi connectivity index (χ2n) is 4.08. The largest absolute Gasteiger partial charge is 0.496 e. The van der Waals surface area contributed by atoms with Crippen LogP contribution in [0.3, 0.4) is 0 Å². The standard InChI is InChI=1S/C13H21NO/c1-6-14(4)9-12-7-11(3)13(15-5)8-10(12)2/h7-8H,6,9H2,1-5H3. The normalized spacial score (nSPS) is 10.8. The third-order valence-corrected chi connectivity index (χ3v) is 2.83. The van der Waals surface area contributed by atoms with Crippen molar-refractivity contribution in [1.82, 2.24) is 4.90 Å². The van der Waals surface area contributed by atoms with Gasteiger partial charge in [-0.2, -0.15) is 0 Å². The van der Waals surface area contributed by atoms with E-state index in [1.165, 1.54) is 16.7 Å². The maximum atomic E-state index is 5.30. The first kappa shape index (κ1) is 12.1. The predicted molar refractivity (Wildman–Crippen MR) is 64.5 cm³/mol. The minimum Gasteiger partial charge on any atom is -0.496 e. The molecule has 0 bridgehead atoms. The second-order valence-corrected chi connectivity index (χ2v) is 4.08. The molecule has 0 heterocycles. The van der Waals surface area contributed by atoms with Crippen molar-refractivity contribution in [3.05, 3.63) is 28.8 Å². The van der Waals surface area contributed by atoms with Crippen LogP contribution in [0, 0.1) is 13.8 Å². The summed E-state index contributed by atoms with van der Waals surface area (Å²) >= 11 is 0. The van der Waals surface area contributed by atoms with Crippen molar-refractivity contribution in [3.63, 3.8) is 0 Å². The quantitative estimate of drug-likeness (QED) is 0.752. The average molecular weight is 207 g/mol. The van der Waals surface area contributed by atoms with E-state index in [1.54, 1.807) is 7.11 Å². The van der Waals surface area contributed by atoms with Crippen molar-refractivity contribution in [2.24, 2.45) is 0 Å². The summed E-state index contributed by atoms with van der Waals surface area (Å²) in [5, 5.41) is 0. The van der Waals surface area contributed by atoms with Gasteiger partial charge in [-0.15, -0.1) is 0 Å². The molecule has 0 atom stereocenters. The molecule has 0 unspecified atom stereocenters. The Morgan fingerprint density at radius 1 is 1.20 bits per heavy atom. The SMILES string of the molecule is CCN(C)Cc1cc(C)c(OC)cc1C. The Bertz CT molecular complexity index is 334. The van der Waals surface area contributed by atoms with Crippen molar-refractivity contribution < 1.29 is 4.74 Å². The number of rotatable bonds is 4. The fourth-order valence-electron chi connectivity index (χ4n) is 1.64. The van der Waals surface area contributed by atoms with E-state index in [9.17, 15) is 0 Å². The van der Waals surface area contributed by atoms with E-state index in [1.807, 2.05) is 0 Å². The molecular weight excluding hydrogens is 186 g/mol. The average Bonchev–Trinajstić information content (AvgIpc) is 2.22. The zero-order chi connectivity index (χ0) is 11.4. The number of hydrogen-bond acceptors (Lipinski definition) is 2. The molecular formula is C13H21NO. The first-order chi connectivity index (χ1) is 7.08. The van der Waals surface area contributed by atoms with Crippen LogP contribution in [-0.2, 0) is 6.54 Å². The molecule has 0 spiro atoms. The summed E-state index contributed by atoms with van der Waals surface area (Å²) < 4.78 is 5.30. The smallest absolute Gasteiger partial charge is 0.122 e. The van der Waals surface area contributed by atoms with Crippen LogP contribution < -0.4 is 4.74 Å². The molecule has 0 aromatic heterocycles. The number of ether oxygens (including phenoxy) is 1. The summed E-state index contributed by atoms with van der Waals surface area (Å²) in [5.41, 5.74) is 3.90. The Labute approximate surface area is 92.9 Å². The Balaban J connectivity index is 2.95. The topological polar surface area (TPSA) is 12.5 Å². The Kier molecular flexibility index (Phi) is 4.15. The molecule has 0 saturated carbocycles. The summed E-state index contributed by atoms with van der Waals surface area (Å²) in [6.45, 7) is 8.48. The highest BCUT2D eigenvalue weighted by Gasteiger charge is 2.06. The summed E-state index contributed by atoms with van der Waals surface area (Å²) in [4.78, 5) is 2.30. The molecule has 1 rings (SSSR count). The molecule has 15 heavy (non-hydrogen) atoms. The molecule has 0 aliphatic heterocycles. The molecule has 0 aliphatic rings. The van der Waals surface area contributed by atoms with E-state index in [2.05, 4.69) is 44.9 Å². The van der Waals surface area contributed by atoms with Gasteiger partial charge >= 0.3 is 0 Å². The fourth-order valence-corrected chi connectivity index (χ4v) is 1.64. The molecule has 84 valence electrons. The van der Waals surface area contributed by atoms with Crippen LogP contribution in [0.5, 0.6) is 5.75 Å². The van der Waals surface area contributed by atoms with Crippen LogP contribution in [-0.4, -0.2) is 25.6 Å². The minimum atomic E-state index is 0.982. The Morgan fingerprint density at radius 2 is 1.87 bits per heavy atom. The Morgan fingerprint density at radius 3 is 2.40 bits per heavy atom. The van der Waals surface area contributed by atoms with Crippen molar-refractivity contribution in [1.29, 1.82) is 0 Å². The van der Waals surface area contributed by atoms with Crippen LogP contribution in [0.2, 0.25) is 0 Å². The number of benzene rings is 1. The molecule has 0 N–H and O–H groups in total. The third kappa shape index (κ3) is 2.96. The predicted octanol–water partition coefficient (Wildman–Crippen LogP) is 2.76. The zero-order valence-corrected chi connectivity index (χ0v) is 10.4. The number of nitrogens with zero attached hydrogens (tertiary/aromatic N) is 1. The van der Waals surface area contributed by atoms with E-state index in [-0.39, 0.29) is 0 Å². The Hall–Kier alpha value is -1.02. The van der Waals surface area contributed by atoms with Gasteiger partial charge in [0, 0.05) is 6.54 Å². The maximum absolute atomic E-state index is 5.30. The van der Waals surface area contributed by atoms with Gasteiger partial charge < -0.3 is 9.64 Å². The molecule has 2 nitrogen and oxygen atoms in total. The van der Waals surface area contributed by atoms with Gasteiger partial charge in [0.15, 0.2) is 0 Å². The van der Waals surface area contributed by atoms with Gasteiger partial charge in [0.2, 0.25) is 0 Å². The summed E-state index contributed by atoms with van der Waals surface area (Å²) in [7, 11) is 3.86. The lowest BCUT2D eigenvalue weighted by atomic mass is 10.0. The highest BCUT2D eigenvalue weighted by Crippen LogP contribution is 2.23. The van der Waals surface area contributed by atoms with Crippen molar-refractivity contribution in [2.75, 3.05) is 20.7 Å². The fraction of sp³-hybridized carbons (Fsp3) is 0.538. The van der Waals surface area contributed by atoms with Crippen LogP contribution in [0.4, 0.5) is 0 Å². The van der Waals surface area contributed by atoms with E-state index < -0.39 is 0 Å². The molecule has 0 fully saturated rings. The first-order valence-corrected chi connectivity index (χ1v) is 5.41. The third-order valence-electron chi connectivity index (χ3n) is 2.83. The van der Waals surface area contributed by atoms with Gasteiger partial charge in [0.1, 0.15) is 5.75 Å². The summed E-state index contributed by atoms with van der Waals surface area (Å²) in [6.07, 6.45) is 0. The molecule has 1 aromatic rings. The van der Waals surface area contributed by atoms with E-state index in [4.69, 9.17) is 4.74 Å². The van der Waals surface area contributed by atoms with Crippen LogP contribution >= 0.6 is 0 Å². The molecule has 0 aliphatic carbocycles. The highest BCUT2D eigenvalue weighted by atomic mass is 16.5. The monoisotopic (exact) mass is 207 g/mol. The van der Waals surface area contributed by atoms with E-state index in [0.29, 0.717) is 0 Å². The van der Waals surface area contributed by atoms with E-state index in [0.717, 1.165) is 18.8 Å². The summed E-state index contributed by atoms with van der Waals surface area (Å²) in [5.74, 6) is 0.982. The molecule has 0 saturated heterocycles. The molecule has 1 aromatic carbocycles. The van der Waals surface area contributed by atoms with Crippen molar-refractivity contribution in [2.45, 2.75) is 27.3 Å². The lowest BCUT2D eigenvalue weighted by Crippen LogP contribution is -2.17. The van der Waals surface area contributed by atoms with Crippen molar-refractivity contribution in [3.8, 4) is 5.75 Å². The maximum Gasteiger partial charge on any atom is 0.122 e. The number of aryl methyl sites for hydroxylation is 2. The molecule has 0 amide bonds. The lowest BCUT2D eigenvalue weighted by Gasteiger charge is -2.17. The second kappa shape index (κ2) is 5.17. The van der Waals surface area contributed by atoms with Crippen LogP contribution in [0.1, 0.15) is 23.6 Å². The van der Waals surface area contributed by atoms with Crippen LogP contribution in [0.25, 0.3) is 0 Å². The molecule has 2 heteroatoms. The highest BCUT2D eigenvalue weighted by molar-refractivity contribution is 5.41. The minimum absolute atomic E-state index is 0.982. The van der Waals surface area contributed by atoms with Gasteiger partial charge in [-0.25, -0.2) is 0 Å². The first-order valence-electron chi connectivity index (χ1n) is 5.41. The van der Waals surface area contributed by atoms with Crippen LogP contribution in [0.15, 0.2) is 12.1 Å². The van der Waals surface area contributed by atoms with Gasteiger partial charge in [-0.3, -0.25) is 0 Å². The van der Waals surface area contributed by atoms with Gasteiger partial charge in [0.25, 0.3) is 0 Å². The van der Waals surface area contributed by atoms with E-state index >= 15 is 0 Å². The summed E-state index contributed by atoms with van der Waals surface area (Å²) in [6, 6.07) is 4.34. The zero-order valence-electron chi connectivity index (χ0n) is 10.4. The number of hydrogen-bond donors (Lipinski definition) is 0. The van der Waals surface area contributed by atoms with Gasteiger partial charge in [-0.1, -0.05) is 13.0 Å². The number of methoxy groups -OCH3 is 1. The van der Waals surface area contributed by atoms with Crippen molar-refractivity contribution >= 4 is 0 Å². The molecule has 0 radical (unpaired) electrons.